The normalized spacial score (nSPS) is 17.5. The van der Waals surface area contributed by atoms with Crippen LogP contribution in [0.1, 0.15) is 17.7 Å². The Kier molecular flexibility index (Phi) is 4.14. The van der Waals surface area contributed by atoms with Gasteiger partial charge in [0.25, 0.3) is 0 Å². The third-order valence-corrected chi connectivity index (χ3v) is 5.85. The van der Waals surface area contributed by atoms with E-state index in [0.29, 0.717) is 6.61 Å². The topological polar surface area (TPSA) is 51.4 Å². The molecule has 1 unspecified atom stereocenters. The fraction of sp³-hybridized carbons (Fsp3) is 0.238. The molecule has 0 N–H and O–H groups in total. The van der Waals surface area contributed by atoms with E-state index in [9.17, 15) is 0 Å². The number of nitrogens with zero attached hydrogens (tertiary/aromatic N) is 3. The molecular formula is C21H19N3O2S. The van der Waals surface area contributed by atoms with Gasteiger partial charge in [-0.3, -0.25) is 0 Å². The van der Waals surface area contributed by atoms with Crippen LogP contribution in [0.5, 0.6) is 0 Å². The maximum atomic E-state index is 5.91. The summed E-state index contributed by atoms with van der Waals surface area (Å²) in [7, 11) is 0. The van der Waals surface area contributed by atoms with Crippen LogP contribution in [-0.4, -0.2) is 29.7 Å². The molecule has 1 fully saturated rings. The zero-order chi connectivity index (χ0) is 18.2. The van der Waals surface area contributed by atoms with Crippen molar-refractivity contribution in [1.29, 1.82) is 0 Å². The lowest BCUT2D eigenvalue weighted by Crippen LogP contribution is -2.39. The lowest BCUT2D eigenvalue weighted by molar-refractivity contribution is 0.0256. The predicted octanol–water partition coefficient (Wildman–Crippen LogP) is 4.84. The van der Waals surface area contributed by atoms with Gasteiger partial charge in [-0.25, -0.2) is 9.97 Å². The number of thiophene rings is 1. The summed E-state index contributed by atoms with van der Waals surface area (Å²) in [5.74, 6) is 2.63. The highest BCUT2D eigenvalue weighted by Crippen LogP contribution is 2.37. The van der Waals surface area contributed by atoms with Crippen molar-refractivity contribution in [1.82, 2.24) is 9.97 Å². The third-order valence-electron chi connectivity index (χ3n) is 4.77. The molecule has 136 valence electrons. The summed E-state index contributed by atoms with van der Waals surface area (Å²) in [6, 6.07) is 16.5. The monoisotopic (exact) mass is 377 g/mol. The number of hydrogen-bond acceptors (Lipinski definition) is 6. The average molecular weight is 377 g/mol. The molecule has 1 atom stereocenters. The van der Waals surface area contributed by atoms with Gasteiger partial charge >= 0.3 is 0 Å². The number of aryl methyl sites for hydroxylation is 1. The summed E-state index contributed by atoms with van der Waals surface area (Å²) in [5, 5.41) is 1.10. The Morgan fingerprint density at radius 2 is 2.00 bits per heavy atom. The summed E-state index contributed by atoms with van der Waals surface area (Å²) in [6.07, 6.45) is 1.61. The molecule has 4 aromatic rings. The molecule has 0 spiro atoms. The molecular weight excluding hydrogens is 358 g/mol. The first-order valence-electron chi connectivity index (χ1n) is 9.01. The fourth-order valence-electron chi connectivity index (χ4n) is 3.48. The number of benzene rings is 1. The Labute approximate surface area is 161 Å². The smallest absolute Gasteiger partial charge is 0.141 e. The van der Waals surface area contributed by atoms with Crippen LogP contribution in [0.2, 0.25) is 0 Å². The summed E-state index contributed by atoms with van der Waals surface area (Å²) < 4.78 is 11.5. The quantitative estimate of drug-likeness (QED) is 0.511. The number of morpholine rings is 1. The van der Waals surface area contributed by atoms with Crippen LogP contribution in [0.3, 0.4) is 0 Å². The summed E-state index contributed by atoms with van der Waals surface area (Å²) in [4.78, 5) is 14.0. The lowest BCUT2D eigenvalue weighted by atomic mass is 10.1. The molecule has 0 bridgehead atoms. The van der Waals surface area contributed by atoms with Crippen molar-refractivity contribution in [2.45, 2.75) is 13.0 Å². The summed E-state index contributed by atoms with van der Waals surface area (Å²) in [5.41, 5.74) is 1.21. The Hall–Kier alpha value is -2.70. The van der Waals surface area contributed by atoms with Crippen LogP contribution in [-0.2, 0) is 4.74 Å². The minimum absolute atomic E-state index is 0.0775. The standard InChI is InChI=1S/C21H19N3O2S/c1-14-22-20(24-9-11-26-18(13-24)17-8-5-10-25-17)16-12-19(27-21(16)23-14)15-6-3-2-4-7-15/h2-8,10,12,18H,9,11,13H2,1H3. The molecule has 0 aliphatic carbocycles. The van der Waals surface area contributed by atoms with E-state index >= 15 is 0 Å². The van der Waals surface area contributed by atoms with E-state index in [4.69, 9.17) is 14.1 Å². The van der Waals surface area contributed by atoms with Crippen LogP contribution in [0.4, 0.5) is 5.82 Å². The van der Waals surface area contributed by atoms with Crippen LogP contribution in [0, 0.1) is 6.92 Å². The molecule has 0 radical (unpaired) electrons. The highest BCUT2D eigenvalue weighted by molar-refractivity contribution is 7.21. The highest BCUT2D eigenvalue weighted by Gasteiger charge is 2.27. The van der Waals surface area contributed by atoms with Crippen molar-refractivity contribution in [2.24, 2.45) is 0 Å². The zero-order valence-electron chi connectivity index (χ0n) is 15.0. The van der Waals surface area contributed by atoms with Gasteiger partial charge in [0.15, 0.2) is 0 Å². The Balaban J connectivity index is 1.55. The van der Waals surface area contributed by atoms with Gasteiger partial charge < -0.3 is 14.1 Å². The van der Waals surface area contributed by atoms with Crippen molar-refractivity contribution in [3.8, 4) is 10.4 Å². The van der Waals surface area contributed by atoms with Crippen LogP contribution in [0.25, 0.3) is 20.7 Å². The van der Waals surface area contributed by atoms with Crippen molar-refractivity contribution >= 4 is 27.4 Å². The van der Waals surface area contributed by atoms with Gasteiger partial charge in [-0.15, -0.1) is 11.3 Å². The van der Waals surface area contributed by atoms with Gasteiger partial charge in [0, 0.05) is 11.4 Å². The van der Waals surface area contributed by atoms with Crippen molar-refractivity contribution < 1.29 is 9.15 Å². The SMILES string of the molecule is Cc1nc(N2CCOC(c3ccco3)C2)c2cc(-c3ccccc3)sc2n1. The molecule has 6 heteroatoms. The lowest BCUT2D eigenvalue weighted by Gasteiger charge is -2.33. The second-order valence-corrected chi connectivity index (χ2v) is 7.64. The van der Waals surface area contributed by atoms with Crippen LogP contribution in [0.15, 0.2) is 59.2 Å². The van der Waals surface area contributed by atoms with Gasteiger partial charge in [-0.1, -0.05) is 30.3 Å². The number of anilines is 1. The molecule has 1 aromatic carbocycles. The largest absolute Gasteiger partial charge is 0.467 e. The Morgan fingerprint density at radius 3 is 2.81 bits per heavy atom. The molecule has 5 nitrogen and oxygen atoms in total. The van der Waals surface area contributed by atoms with E-state index in [1.165, 1.54) is 10.4 Å². The molecule has 1 aliphatic heterocycles. The van der Waals surface area contributed by atoms with Crippen molar-refractivity contribution in [2.75, 3.05) is 24.6 Å². The molecule has 0 amide bonds. The van der Waals surface area contributed by atoms with Crippen molar-refractivity contribution in [3.63, 3.8) is 0 Å². The average Bonchev–Trinajstić information content (AvgIpc) is 3.38. The summed E-state index contributed by atoms with van der Waals surface area (Å²) >= 11 is 1.71. The minimum atomic E-state index is -0.0775. The van der Waals surface area contributed by atoms with E-state index in [1.54, 1.807) is 17.6 Å². The van der Waals surface area contributed by atoms with Crippen LogP contribution >= 0.6 is 11.3 Å². The van der Waals surface area contributed by atoms with E-state index in [1.807, 2.05) is 25.1 Å². The fourth-order valence-corrected chi connectivity index (χ4v) is 4.56. The molecule has 5 rings (SSSR count). The first kappa shape index (κ1) is 16.5. The van der Waals surface area contributed by atoms with Gasteiger partial charge in [-0.2, -0.15) is 0 Å². The number of hydrogen-bond donors (Lipinski definition) is 0. The number of aromatic nitrogens is 2. The minimum Gasteiger partial charge on any atom is -0.467 e. The van der Waals surface area contributed by atoms with Crippen molar-refractivity contribution in [3.05, 3.63) is 66.4 Å². The first-order chi connectivity index (χ1) is 13.3. The molecule has 3 aromatic heterocycles. The molecule has 1 aliphatic rings. The second kappa shape index (κ2) is 6.79. The number of rotatable bonds is 3. The molecule has 0 saturated carbocycles. The number of furan rings is 1. The van der Waals surface area contributed by atoms with E-state index in [0.717, 1.165) is 40.7 Å². The first-order valence-corrected chi connectivity index (χ1v) is 9.83. The molecule has 27 heavy (non-hydrogen) atoms. The third kappa shape index (κ3) is 3.11. The van der Waals surface area contributed by atoms with E-state index in [2.05, 4.69) is 40.2 Å². The summed E-state index contributed by atoms with van der Waals surface area (Å²) in [6.45, 7) is 4.12. The molecule has 1 saturated heterocycles. The number of ether oxygens (including phenoxy) is 1. The Bertz CT molecular complexity index is 1060. The van der Waals surface area contributed by atoms with Gasteiger partial charge in [0.05, 0.1) is 24.8 Å². The van der Waals surface area contributed by atoms with Gasteiger partial charge in [-0.05, 0) is 30.7 Å². The maximum absolute atomic E-state index is 5.91. The van der Waals surface area contributed by atoms with Gasteiger partial charge in [0.1, 0.15) is 28.3 Å². The Morgan fingerprint density at radius 1 is 1.11 bits per heavy atom. The van der Waals surface area contributed by atoms with Crippen LogP contribution < -0.4 is 4.90 Å². The second-order valence-electron chi connectivity index (χ2n) is 6.61. The van der Waals surface area contributed by atoms with E-state index in [-0.39, 0.29) is 6.10 Å². The van der Waals surface area contributed by atoms with E-state index < -0.39 is 0 Å². The number of fused-ring (bicyclic) bond motifs is 1. The highest BCUT2D eigenvalue weighted by atomic mass is 32.1. The zero-order valence-corrected chi connectivity index (χ0v) is 15.8. The van der Waals surface area contributed by atoms with Gasteiger partial charge in [0.2, 0.25) is 0 Å². The molecule has 4 heterocycles. The predicted molar refractivity (Wildman–Crippen MR) is 107 cm³/mol. The maximum Gasteiger partial charge on any atom is 0.141 e.